The molecule has 2 heterocycles. The van der Waals surface area contributed by atoms with Gasteiger partial charge in [0.2, 0.25) is 15.9 Å². The Labute approximate surface area is 131 Å². The Morgan fingerprint density at radius 1 is 1.50 bits per heavy atom. The fourth-order valence-corrected chi connectivity index (χ4v) is 2.98. The van der Waals surface area contributed by atoms with E-state index in [9.17, 15) is 13.2 Å². The zero-order chi connectivity index (χ0) is 16.3. The van der Waals surface area contributed by atoms with Crippen LogP contribution in [0.5, 0.6) is 0 Å². The predicted molar refractivity (Wildman–Crippen MR) is 85.1 cm³/mol. The first-order chi connectivity index (χ1) is 10.3. The average molecular weight is 326 g/mol. The van der Waals surface area contributed by atoms with Crippen LogP contribution in [0.4, 0.5) is 5.82 Å². The minimum Gasteiger partial charge on any atom is -0.363 e. The molecule has 1 aliphatic rings. The van der Waals surface area contributed by atoms with Gasteiger partial charge in [0.25, 0.3) is 0 Å². The second kappa shape index (κ2) is 6.62. The lowest BCUT2D eigenvalue weighted by Gasteiger charge is -2.26. The zero-order valence-electron chi connectivity index (χ0n) is 13.1. The summed E-state index contributed by atoms with van der Waals surface area (Å²) < 4.78 is 24.5. The molecule has 122 valence electrons. The molecular weight excluding hydrogens is 304 g/mol. The van der Waals surface area contributed by atoms with E-state index in [1.807, 2.05) is 31.1 Å². The van der Waals surface area contributed by atoms with Crippen molar-refractivity contribution >= 4 is 21.7 Å². The number of pyridine rings is 1. The van der Waals surface area contributed by atoms with Gasteiger partial charge in [0.1, 0.15) is 5.82 Å². The molecule has 1 aromatic rings. The lowest BCUT2D eigenvalue weighted by Crippen LogP contribution is -2.39. The van der Waals surface area contributed by atoms with Crippen molar-refractivity contribution in [1.82, 2.24) is 14.6 Å². The van der Waals surface area contributed by atoms with E-state index in [1.54, 1.807) is 11.1 Å². The maximum absolute atomic E-state index is 12.3. The summed E-state index contributed by atoms with van der Waals surface area (Å²) in [6.45, 7) is 0.454. The summed E-state index contributed by atoms with van der Waals surface area (Å²) in [4.78, 5) is 20.2. The SMILES string of the molecule is CN(C)c1cc(C2CCCN2C(=O)CNS(C)(=O)=O)ccn1. The number of sulfonamides is 1. The summed E-state index contributed by atoms with van der Waals surface area (Å²) in [7, 11) is 0.470. The monoisotopic (exact) mass is 326 g/mol. The van der Waals surface area contributed by atoms with Crippen molar-refractivity contribution in [2.75, 3.05) is 38.3 Å². The Bertz CT molecular complexity index is 645. The number of likely N-dealkylation sites (tertiary alicyclic amines) is 1. The van der Waals surface area contributed by atoms with Gasteiger partial charge in [-0.1, -0.05) is 0 Å². The van der Waals surface area contributed by atoms with Gasteiger partial charge in [-0.2, -0.15) is 0 Å². The lowest BCUT2D eigenvalue weighted by molar-refractivity contribution is -0.130. The summed E-state index contributed by atoms with van der Waals surface area (Å²) in [5.41, 5.74) is 1.03. The van der Waals surface area contributed by atoms with Crippen LogP contribution in [0.15, 0.2) is 18.3 Å². The Hall–Kier alpha value is -1.67. The van der Waals surface area contributed by atoms with Crippen LogP contribution in [0.2, 0.25) is 0 Å². The van der Waals surface area contributed by atoms with Gasteiger partial charge >= 0.3 is 0 Å². The largest absolute Gasteiger partial charge is 0.363 e. The predicted octanol–water partition coefficient (Wildman–Crippen LogP) is 0.360. The number of hydrogen-bond donors (Lipinski definition) is 1. The maximum atomic E-state index is 12.3. The fourth-order valence-electron chi connectivity index (χ4n) is 2.59. The van der Waals surface area contributed by atoms with Gasteiger partial charge in [-0.25, -0.2) is 18.1 Å². The maximum Gasteiger partial charge on any atom is 0.238 e. The normalized spacial score (nSPS) is 18.5. The highest BCUT2D eigenvalue weighted by Gasteiger charge is 2.30. The molecular formula is C14H22N4O3S. The first-order valence-electron chi connectivity index (χ1n) is 7.15. The number of anilines is 1. The summed E-state index contributed by atoms with van der Waals surface area (Å²) >= 11 is 0. The molecule has 0 aromatic carbocycles. The number of hydrogen-bond acceptors (Lipinski definition) is 5. The second-order valence-corrected chi connectivity index (χ2v) is 7.51. The van der Waals surface area contributed by atoms with E-state index < -0.39 is 10.0 Å². The standard InChI is InChI=1S/C14H22N4O3S/c1-17(2)13-9-11(6-7-15-13)12-5-4-8-18(12)14(19)10-16-22(3,20)21/h6-7,9,12,16H,4-5,8,10H2,1-3H3. The molecule has 1 aliphatic heterocycles. The quantitative estimate of drug-likeness (QED) is 0.845. The van der Waals surface area contributed by atoms with Crippen molar-refractivity contribution in [2.24, 2.45) is 0 Å². The highest BCUT2D eigenvalue weighted by molar-refractivity contribution is 7.88. The fraction of sp³-hybridized carbons (Fsp3) is 0.571. The van der Waals surface area contributed by atoms with Gasteiger partial charge in [-0.3, -0.25) is 4.79 Å². The number of carbonyl (C=O) groups is 1. The first kappa shape index (κ1) is 16.7. The summed E-state index contributed by atoms with van der Waals surface area (Å²) in [5, 5.41) is 0. The summed E-state index contributed by atoms with van der Waals surface area (Å²) in [6.07, 6.45) is 4.57. The molecule has 1 saturated heterocycles. The number of amides is 1. The average Bonchev–Trinajstić information content (AvgIpc) is 2.93. The van der Waals surface area contributed by atoms with Gasteiger partial charge < -0.3 is 9.80 Å². The Balaban J connectivity index is 2.13. The van der Waals surface area contributed by atoms with Crippen molar-refractivity contribution in [1.29, 1.82) is 0 Å². The van der Waals surface area contributed by atoms with E-state index >= 15 is 0 Å². The van der Waals surface area contributed by atoms with Crippen LogP contribution in [-0.4, -0.2) is 57.6 Å². The van der Waals surface area contributed by atoms with Gasteiger partial charge in [0.05, 0.1) is 18.8 Å². The van der Waals surface area contributed by atoms with E-state index in [1.165, 1.54) is 0 Å². The molecule has 1 atom stereocenters. The molecule has 1 aromatic heterocycles. The number of aromatic nitrogens is 1. The van der Waals surface area contributed by atoms with Gasteiger partial charge in [-0.15, -0.1) is 0 Å². The van der Waals surface area contributed by atoms with Crippen molar-refractivity contribution in [3.8, 4) is 0 Å². The van der Waals surface area contributed by atoms with Crippen LogP contribution in [0.25, 0.3) is 0 Å². The zero-order valence-corrected chi connectivity index (χ0v) is 13.9. The Kier molecular flexibility index (Phi) is 5.02. The molecule has 7 nitrogen and oxygen atoms in total. The van der Waals surface area contributed by atoms with E-state index in [2.05, 4.69) is 9.71 Å². The molecule has 2 rings (SSSR count). The topological polar surface area (TPSA) is 82.6 Å². The highest BCUT2D eigenvalue weighted by Crippen LogP contribution is 2.32. The minimum atomic E-state index is -3.36. The van der Waals surface area contributed by atoms with Crippen LogP contribution in [0.3, 0.4) is 0 Å². The van der Waals surface area contributed by atoms with E-state index in [0.717, 1.165) is 30.5 Å². The first-order valence-corrected chi connectivity index (χ1v) is 9.04. The number of nitrogens with one attached hydrogen (secondary N) is 1. The van der Waals surface area contributed by atoms with E-state index in [0.29, 0.717) is 6.54 Å². The smallest absolute Gasteiger partial charge is 0.238 e. The molecule has 22 heavy (non-hydrogen) atoms. The van der Waals surface area contributed by atoms with Crippen molar-refractivity contribution in [3.05, 3.63) is 23.9 Å². The molecule has 1 N–H and O–H groups in total. The third-order valence-corrected chi connectivity index (χ3v) is 4.34. The molecule has 1 amide bonds. The molecule has 1 unspecified atom stereocenters. The number of carbonyl (C=O) groups excluding carboxylic acids is 1. The number of rotatable bonds is 5. The van der Waals surface area contributed by atoms with Gasteiger partial charge in [0, 0.05) is 26.8 Å². The van der Waals surface area contributed by atoms with E-state index in [4.69, 9.17) is 0 Å². The Morgan fingerprint density at radius 3 is 2.86 bits per heavy atom. The van der Waals surface area contributed by atoms with E-state index in [-0.39, 0.29) is 18.5 Å². The molecule has 8 heteroatoms. The van der Waals surface area contributed by atoms with Crippen molar-refractivity contribution in [3.63, 3.8) is 0 Å². The van der Waals surface area contributed by atoms with Gasteiger partial charge in [-0.05, 0) is 30.5 Å². The number of nitrogens with zero attached hydrogens (tertiary/aromatic N) is 3. The lowest BCUT2D eigenvalue weighted by atomic mass is 10.1. The Morgan fingerprint density at radius 2 is 2.23 bits per heavy atom. The molecule has 0 spiro atoms. The summed E-state index contributed by atoms with van der Waals surface area (Å²) in [5.74, 6) is 0.641. The third-order valence-electron chi connectivity index (χ3n) is 3.67. The van der Waals surface area contributed by atoms with Crippen LogP contribution in [-0.2, 0) is 14.8 Å². The van der Waals surface area contributed by atoms with Crippen LogP contribution in [0, 0.1) is 0 Å². The molecule has 0 saturated carbocycles. The molecule has 0 radical (unpaired) electrons. The van der Waals surface area contributed by atoms with Crippen molar-refractivity contribution in [2.45, 2.75) is 18.9 Å². The highest BCUT2D eigenvalue weighted by atomic mass is 32.2. The summed E-state index contributed by atoms with van der Waals surface area (Å²) in [6, 6.07) is 3.86. The van der Waals surface area contributed by atoms with Gasteiger partial charge in [0.15, 0.2) is 0 Å². The third kappa shape index (κ3) is 4.17. The molecule has 1 fully saturated rings. The van der Waals surface area contributed by atoms with Crippen LogP contribution in [0.1, 0.15) is 24.4 Å². The molecule has 0 aliphatic carbocycles. The van der Waals surface area contributed by atoms with Crippen LogP contribution >= 0.6 is 0 Å². The minimum absolute atomic E-state index is 0.0180. The van der Waals surface area contributed by atoms with Crippen LogP contribution < -0.4 is 9.62 Å². The van der Waals surface area contributed by atoms with Crippen molar-refractivity contribution < 1.29 is 13.2 Å². The molecule has 0 bridgehead atoms. The second-order valence-electron chi connectivity index (χ2n) is 5.68.